The minimum absolute atomic E-state index is 0.0320. The van der Waals surface area contributed by atoms with Crippen molar-refractivity contribution in [2.75, 3.05) is 19.7 Å². The fourth-order valence-corrected chi connectivity index (χ4v) is 5.71. The first-order valence-electron chi connectivity index (χ1n) is 10.0. The van der Waals surface area contributed by atoms with E-state index in [1.165, 1.54) is 32.1 Å². The van der Waals surface area contributed by atoms with Crippen molar-refractivity contribution in [2.45, 2.75) is 64.0 Å². The minimum atomic E-state index is -0.386. The van der Waals surface area contributed by atoms with E-state index in [-0.39, 0.29) is 24.3 Å². The Hall–Kier alpha value is -1.46. The van der Waals surface area contributed by atoms with Gasteiger partial charge in [0.05, 0.1) is 12.6 Å². The molecule has 1 unspecified atom stereocenters. The van der Waals surface area contributed by atoms with E-state index in [4.69, 9.17) is 9.47 Å². The lowest BCUT2D eigenvalue weighted by molar-refractivity contribution is -0.101. The number of likely N-dealkylation sites (tertiary alicyclic amines) is 1. The topological polar surface area (TPSA) is 67.9 Å². The van der Waals surface area contributed by atoms with Crippen molar-refractivity contribution in [3.8, 4) is 0 Å². The normalized spacial score (nSPS) is 38.7. The molecule has 5 fully saturated rings. The maximum Gasteiger partial charge on any atom is 0.410 e. The lowest BCUT2D eigenvalue weighted by Crippen LogP contribution is -2.51. The molecule has 5 rings (SSSR count). The summed E-state index contributed by atoms with van der Waals surface area (Å²) in [6.07, 6.45) is 7.52. The van der Waals surface area contributed by atoms with Gasteiger partial charge in [-0.25, -0.2) is 9.59 Å². The minimum Gasteiger partial charge on any atom is -0.450 e. The quantitative estimate of drug-likeness (QED) is 0.846. The standard InChI is InChI=1S/C19H30N2O4/c1-2-5-24-18(22)20-16-3-4-21(11-16)19(23)25-17-14-7-12-6-13(9-14)10-15(17)8-12/h12-17H,2-11H2,1H3,(H,20,22). The van der Waals surface area contributed by atoms with Crippen LogP contribution >= 0.6 is 0 Å². The molecular weight excluding hydrogens is 320 g/mol. The molecule has 1 aliphatic heterocycles. The molecule has 0 aromatic rings. The van der Waals surface area contributed by atoms with Crippen LogP contribution in [0, 0.1) is 23.7 Å². The van der Waals surface area contributed by atoms with Crippen LogP contribution in [0.25, 0.3) is 0 Å². The van der Waals surface area contributed by atoms with Crippen LogP contribution in [0.2, 0.25) is 0 Å². The molecule has 0 spiro atoms. The number of nitrogens with one attached hydrogen (secondary N) is 1. The second-order valence-corrected chi connectivity index (χ2v) is 8.49. The van der Waals surface area contributed by atoms with Crippen molar-refractivity contribution in [3.63, 3.8) is 0 Å². The third-order valence-corrected chi connectivity index (χ3v) is 6.58. The average molecular weight is 350 g/mol. The van der Waals surface area contributed by atoms with Crippen molar-refractivity contribution >= 4 is 12.2 Å². The number of carbonyl (C=O) groups is 2. The number of hydrogen-bond acceptors (Lipinski definition) is 4. The largest absolute Gasteiger partial charge is 0.450 e. The van der Waals surface area contributed by atoms with Crippen molar-refractivity contribution < 1.29 is 19.1 Å². The summed E-state index contributed by atoms with van der Waals surface area (Å²) < 4.78 is 11.0. The van der Waals surface area contributed by atoms with Gasteiger partial charge in [0.2, 0.25) is 0 Å². The zero-order valence-electron chi connectivity index (χ0n) is 15.1. The van der Waals surface area contributed by atoms with Gasteiger partial charge in [0.1, 0.15) is 6.10 Å². The van der Waals surface area contributed by atoms with Crippen LogP contribution in [-0.2, 0) is 9.47 Å². The first-order chi connectivity index (χ1) is 12.1. The molecule has 4 saturated carbocycles. The highest BCUT2D eigenvalue weighted by Crippen LogP contribution is 2.54. The van der Waals surface area contributed by atoms with E-state index in [1.54, 1.807) is 4.90 Å². The van der Waals surface area contributed by atoms with Crippen LogP contribution in [0.3, 0.4) is 0 Å². The highest BCUT2D eigenvalue weighted by atomic mass is 16.6. The van der Waals surface area contributed by atoms with E-state index >= 15 is 0 Å². The van der Waals surface area contributed by atoms with Gasteiger partial charge in [0, 0.05) is 13.1 Å². The molecule has 140 valence electrons. The zero-order chi connectivity index (χ0) is 17.4. The van der Waals surface area contributed by atoms with Crippen LogP contribution < -0.4 is 5.32 Å². The molecule has 2 amide bonds. The van der Waals surface area contributed by atoms with Crippen molar-refractivity contribution in [2.24, 2.45) is 23.7 Å². The molecule has 6 heteroatoms. The summed E-state index contributed by atoms with van der Waals surface area (Å²) in [5.41, 5.74) is 0. The lowest BCUT2D eigenvalue weighted by atomic mass is 9.55. The van der Waals surface area contributed by atoms with Gasteiger partial charge >= 0.3 is 12.2 Å². The molecule has 5 aliphatic rings. The Balaban J connectivity index is 1.26. The smallest absolute Gasteiger partial charge is 0.410 e. The maximum atomic E-state index is 12.6. The number of alkyl carbamates (subject to hydrolysis) is 1. The van der Waals surface area contributed by atoms with E-state index in [2.05, 4.69) is 5.32 Å². The first kappa shape index (κ1) is 17.0. The Morgan fingerprint density at radius 2 is 1.76 bits per heavy atom. The number of amides is 2. The Morgan fingerprint density at radius 3 is 2.40 bits per heavy atom. The molecule has 0 aromatic heterocycles. The van der Waals surface area contributed by atoms with Gasteiger partial charge in [-0.15, -0.1) is 0 Å². The van der Waals surface area contributed by atoms with Gasteiger partial charge in [0.25, 0.3) is 0 Å². The predicted octanol–water partition coefficient (Wildman–Crippen LogP) is 3.16. The summed E-state index contributed by atoms with van der Waals surface area (Å²) >= 11 is 0. The summed E-state index contributed by atoms with van der Waals surface area (Å²) in [6, 6.07) is -0.0320. The van der Waals surface area contributed by atoms with E-state index in [1.807, 2.05) is 6.92 Å². The molecule has 4 bridgehead atoms. The number of hydrogen-bond donors (Lipinski definition) is 1. The lowest BCUT2D eigenvalue weighted by Gasteiger charge is -2.53. The second kappa shape index (κ2) is 7.04. The Kier molecular flexibility index (Phi) is 4.78. The fraction of sp³-hybridized carbons (Fsp3) is 0.895. The maximum absolute atomic E-state index is 12.6. The third kappa shape index (κ3) is 3.58. The molecule has 0 radical (unpaired) electrons. The van der Waals surface area contributed by atoms with Gasteiger partial charge in [0.15, 0.2) is 0 Å². The Morgan fingerprint density at radius 1 is 1.08 bits per heavy atom. The first-order valence-corrected chi connectivity index (χ1v) is 10.0. The van der Waals surface area contributed by atoms with Crippen molar-refractivity contribution in [1.29, 1.82) is 0 Å². The van der Waals surface area contributed by atoms with Crippen LogP contribution in [0.15, 0.2) is 0 Å². The highest BCUT2D eigenvalue weighted by Gasteiger charge is 2.50. The molecule has 1 heterocycles. The fourth-order valence-electron chi connectivity index (χ4n) is 5.71. The van der Waals surface area contributed by atoms with E-state index in [9.17, 15) is 9.59 Å². The average Bonchev–Trinajstić information content (AvgIpc) is 3.04. The van der Waals surface area contributed by atoms with E-state index in [0.717, 1.165) is 24.7 Å². The Labute approximate surface area is 149 Å². The van der Waals surface area contributed by atoms with Crippen molar-refractivity contribution in [1.82, 2.24) is 10.2 Å². The highest BCUT2D eigenvalue weighted by molar-refractivity contribution is 5.70. The van der Waals surface area contributed by atoms with Gasteiger partial charge in [-0.1, -0.05) is 6.92 Å². The monoisotopic (exact) mass is 350 g/mol. The summed E-state index contributed by atoms with van der Waals surface area (Å²) in [4.78, 5) is 26.0. The molecule has 4 aliphatic carbocycles. The molecule has 1 saturated heterocycles. The van der Waals surface area contributed by atoms with Gasteiger partial charge < -0.3 is 19.7 Å². The summed E-state index contributed by atoms with van der Waals surface area (Å²) in [7, 11) is 0. The SMILES string of the molecule is CCCOC(=O)NC1CCN(C(=O)OC2C3CC4CC(C3)CC2C4)C1. The van der Waals surface area contributed by atoms with Crippen LogP contribution in [0.1, 0.15) is 51.9 Å². The van der Waals surface area contributed by atoms with Gasteiger partial charge in [-0.05, 0) is 68.6 Å². The molecule has 1 atom stereocenters. The number of rotatable bonds is 4. The Bertz CT molecular complexity index is 496. The number of ether oxygens (including phenoxy) is 2. The predicted molar refractivity (Wildman–Crippen MR) is 92.1 cm³/mol. The van der Waals surface area contributed by atoms with Crippen LogP contribution in [-0.4, -0.2) is 48.9 Å². The summed E-state index contributed by atoms with van der Waals surface area (Å²) in [6.45, 7) is 3.56. The third-order valence-electron chi connectivity index (χ3n) is 6.58. The van der Waals surface area contributed by atoms with Crippen LogP contribution in [0.4, 0.5) is 9.59 Å². The molecular formula is C19H30N2O4. The zero-order valence-corrected chi connectivity index (χ0v) is 15.1. The number of carbonyl (C=O) groups excluding carboxylic acids is 2. The molecule has 1 N–H and O–H groups in total. The number of nitrogens with zero attached hydrogens (tertiary/aromatic N) is 1. The molecule has 6 nitrogen and oxygen atoms in total. The second-order valence-electron chi connectivity index (χ2n) is 8.49. The summed E-state index contributed by atoms with van der Waals surface area (Å²) in [5, 5.41) is 2.84. The van der Waals surface area contributed by atoms with E-state index in [0.29, 0.717) is 31.5 Å². The van der Waals surface area contributed by atoms with Gasteiger partial charge in [-0.2, -0.15) is 0 Å². The van der Waals surface area contributed by atoms with Crippen LogP contribution in [0.5, 0.6) is 0 Å². The molecule has 25 heavy (non-hydrogen) atoms. The van der Waals surface area contributed by atoms with E-state index < -0.39 is 0 Å². The molecule has 0 aromatic carbocycles. The van der Waals surface area contributed by atoms with Gasteiger partial charge in [-0.3, -0.25) is 0 Å². The van der Waals surface area contributed by atoms with Crippen molar-refractivity contribution in [3.05, 3.63) is 0 Å². The summed E-state index contributed by atoms with van der Waals surface area (Å²) in [5.74, 6) is 2.93.